The molecule has 1 amide bonds. The van der Waals surface area contributed by atoms with Crippen LogP contribution in [0.5, 0.6) is 0 Å². The fourth-order valence-corrected chi connectivity index (χ4v) is 3.25. The smallest absolute Gasteiger partial charge is 0.318 e. The zero-order chi connectivity index (χ0) is 18.8. The summed E-state index contributed by atoms with van der Waals surface area (Å²) < 4.78 is 19.7. The molecule has 2 aromatic carbocycles. The number of benzene rings is 2. The third-order valence-corrected chi connectivity index (χ3v) is 4.76. The Morgan fingerprint density at radius 2 is 1.74 bits per heavy atom. The molecule has 1 saturated heterocycles. The lowest BCUT2D eigenvalue weighted by Crippen LogP contribution is -2.49. The fourth-order valence-electron chi connectivity index (χ4n) is 3.00. The topological polar surface area (TPSA) is 62.5 Å². The summed E-state index contributed by atoms with van der Waals surface area (Å²) in [5.41, 5.74) is 0.760. The number of hydrogen-bond donors (Lipinski definition) is 0. The molecule has 27 heavy (non-hydrogen) atoms. The van der Waals surface area contributed by atoms with Crippen molar-refractivity contribution in [2.45, 2.75) is 0 Å². The first-order valence-corrected chi connectivity index (χ1v) is 8.88. The molecule has 0 bridgehead atoms. The highest BCUT2D eigenvalue weighted by molar-refractivity contribution is 6.33. The van der Waals surface area contributed by atoms with Gasteiger partial charge in [0.05, 0.1) is 10.6 Å². The lowest BCUT2D eigenvalue weighted by molar-refractivity contribution is 0.0740. The van der Waals surface area contributed by atoms with E-state index in [0.29, 0.717) is 38.1 Å². The van der Waals surface area contributed by atoms with E-state index >= 15 is 0 Å². The van der Waals surface area contributed by atoms with E-state index in [1.165, 1.54) is 18.2 Å². The van der Waals surface area contributed by atoms with E-state index in [1.54, 1.807) is 4.90 Å². The molecule has 0 radical (unpaired) electrons. The van der Waals surface area contributed by atoms with Gasteiger partial charge in [-0.05, 0) is 24.3 Å². The SMILES string of the molecule is O=C(c1c(F)cccc1Cl)N1CCN(c2nnc(-c3ccccc3)o2)CC1. The minimum absolute atomic E-state index is 0.0863. The molecule has 6 nitrogen and oxygen atoms in total. The average molecular weight is 387 g/mol. The first kappa shape index (κ1) is 17.5. The zero-order valence-electron chi connectivity index (χ0n) is 14.3. The quantitative estimate of drug-likeness (QED) is 0.689. The summed E-state index contributed by atoms with van der Waals surface area (Å²) in [5, 5.41) is 8.30. The van der Waals surface area contributed by atoms with Crippen LogP contribution < -0.4 is 4.90 Å². The molecular weight excluding hydrogens is 371 g/mol. The van der Waals surface area contributed by atoms with Crippen molar-refractivity contribution >= 4 is 23.5 Å². The van der Waals surface area contributed by atoms with Gasteiger partial charge >= 0.3 is 6.01 Å². The normalized spacial score (nSPS) is 14.4. The van der Waals surface area contributed by atoms with Crippen LogP contribution in [0.1, 0.15) is 10.4 Å². The number of hydrogen-bond acceptors (Lipinski definition) is 5. The summed E-state index contributed by atoms with van der Waals surface area (Å²) in [5.74, 6) is -0.574. The summed E-state index contributed by atoms with van der Waals surface area (Å²) in [4.78, 5) is 16.1. The van der Waals surface area contributed by atoms with Gasteiger partial charge in [-0.15, -0.1) is 5.10 Å². The van der Waals surface area contributed by atoms with Gasteiger partial charge in [-0.1, -0.05) is 41.0 Å². The molecule has 0 aliphatic carbocycles. The highest BCUT2D eigenvalue weighted by Crippen LogP contribution is 2.24. The van der Waals surface area contributed by atoms with Gasteiger partial charge in [-0.25, -0.2) is 4.39 Å². The number of amides is 1. The van der Waals surface area contributed by atoms with E-state index in [4.69, 9.17) is 16.0 Å². The van der Waals surface area contributed by atoms with Crippen molar-refractivity contribution in [2.24, 2.45) is 0 Å². The second-order valence-corrected chi connectivity index (χ2v) is 6.54. The monoisotopic (exact) mass is 386 g/mol. The average Bonchev–Trinajstić information content (AvgIpc) is 3.19. The van der Waals surface area contributed by atoms with Gasteiger partial charge in [0, 0.05) is 31.7 Å². The van der Waals surface area contributed by atoms with Crippen LogP contribution in [0.3, 0.4) is 0 Å². The molecule has 0 saturated carbocycles. The maximum Gasteiger partial charge on any atom is 0.318 e. The second kappa shape index (κ2) is 7.36. The van der Waals surface area contributed by atoms with Gasteiger partial charge in [-0.2, -0.15) is 0 Å². The van der Waals surface area contributed by atoms with Crippen LogP contribution in [0, 0.1) is 5.82 Å². The van der Waals surface area contributed by atoms with Crippen LogP contribution in [0.15, 0.2) is 52.9 Å². The predicted molar refractivity (Wildman–Crippen MR) is 99.3 cm³/mol. The van der Waals surface area contributed by atoms with Crippen molar-refractivity contribution in [1.29, 1.82) is 0 Å². The van der Waals surface area contributed by atoms with Gasteiger partial charge in [0.1, 0.15) is 5.82 Å². The van der Waals surface area contributed by atoms with Crippen molar-refractivity contribution in [3.8, 4) is 11.5 Å². The number of nitrogens with zero attached hydrogens (tertiary/aromatic N) is 4. The van der Waals surface area contributed by atoms with E-state index < -0.39 is 11.7 Å². The molecule has 1 fully saturated rings. The van der Waals surface area contributed by atoms with Crippen molar-refractivity contribution < 1.29 is 13.6 Å². The van der Waals surface area contributed by atoms with E-state index in [9.17, 15) is 9.18 Å². The molecular formula is C19H16ClFN4O2. The molecule has 0 spiro atoms. The highest BCUT2D eigenvalue weighted by atomic mass is 35.5. The third-order valence-electron chi connectivity index (χ3n) is 4.45. The summed E-state index contributed by atoms with van der Waals surface area (Å²) in [6, 6.07) is 14.1. The molecule has 4 rings (SSSR count). The number of aromatic nitrogens is 2. The Hall–Kier alpha value is -2.93. The second-order valence-electron chi connectivity index (χ2n) is 6.13. The molecule has 1 aromatic heterocycles. The lowest BCUT2D eigenvalue weighted by Gasteiger charge is -2.33. The van der Waals surface area contributed by atoms with Crippen molar-refractivity contribution in [1.82, 2.24) is 15.1 Å². The molecule has 3 aromatic rings. The molecule has 0 N–H and O–H groups in total. The Morgan fingerprint density at radius 3 is 2.44 bits per heavy atom. The molecule has 8 heteroatoms. The first-order valence-electron chi connectivity index (χ1n) is 8.50. The van der Waals surface area contributed by atoms with E-state index in [-0.39, 0.29) is 10.6 Å². The summed E-state index contributed by atoms with van der Waals surface area (Å²) in [6.45, 7) is 1.83. The van der Waals surface area contributed by atoms with Gasteiger partial charge in [0.15, 0.2) is 0 Å². The minimum atomic E-state index is -0.612. The number of rotatable bonds is 3. The van der Waals surface area contributed by atoms with Crippen LogP contribution in [-0.4, -0.2) is 47.2 Å². The predicted octanol–water partition coefficient (Wildman–Crippen LogP) is 3.49. The van der Waals surface area contributed by atoms with Crippen LogP contribution in [-0.2, 0) is 0 Å². The Labute approximate surface area is 160 Å². The Morgan fingerprint density at radius 1 is 1.00 bits per heavy atom. The fraction of sp³-hybridized carbons (Fsp3) is 0.211. The molecule has 2 heterocycles. The van der Waals surface area contributed by atoms with Gasteiger partial charge < -0.3 is 14.2 Å². The summed E-state index contributed by atoms with van der Waals surface area (Å²) >= 11 is 6.00. The summed E-state index contributed by atoms with van der Waals surface area (Å²) in [7, 11) is 0. The largest absolute Gasteiger partial charge is 0.403 e. The number of carbonyl (C=O) groups is 1. The van der Waals surface area contributed by atoms with Crippen LogP contribution in [0.4, 0.5) is 10.4 Å². The zero-order valence-corrected chi connectivity index (χ0v) is 15.1. The lowest BCUT2D eigenvalue weighted by atomic mass is 10.1. The van der Waals surface area contributed by atoms with Gasteiger partial charge in [-0.3, -0.25) is 4.79 Å². The number of piperazine rings is 1. The maximum absolute atomic E-state index is 14.0. The van der Waals surface area contributed by atoms with Gasteiger partial charge in [0.2, 0.25) is 5.89 Å². The Bertz CT molecular complexity index is 935. The van der Waals surface area contributed by atoms with Crippen molar-refractivity contribution in [3.63, 3.8) is 0 Å². The first-order chi connectivity index (χ1) is 13.1. The van der Waals surface area contributed by atoms with E-state index in [2.05, 4.69) is 10.2 Å². The van der Waals surface area contributed by atoms with Gasteiger partial charge in [0.25, 0.3) is 5.91 Å². The Kier molecular flexibility index (Phi) is 4.77. The third kappa shape index (κ3) is 3.50. The van der Waals surface area contributed by atoms with Crippen molar-refractivity contribution in [2.75, 3.05) is 31.1 Å². The van der Waals surface area contributed by atoms with Crippen LogP contribution in [0.25, 0.3) is 11.5 Å². The van der Waals surface area contributed by atoms with Crippen LogP contribution in [0.2, 0.25) is 5.02 Å². The Balaban J connectivity index is 1.44. The number of halogens is 2. The molecule has 0 unspecified atom stereocenters. The molecule has 1 aliphatic heterocycles. The maximum atomic E-state index is 14.0. The summed E-state index contributed by atoms with van der Waals surface area (Å²) in [6.07, 6.45) is 0. The number of anilines is 1. The molecule has 138 valence electrons. The van der Waals surface area contributed by atoms with E-state index in [0.717, 1.165) is 5.56 Å². The molecule has 0 atom stereocenters. The highest BCUT2D eigenvalue weighted by Gasteiger charge is 2.27. The number of carbonyl (C=O) groups excluding carboxylic acids is 1. The van der Waals surface area contributed by atoms with Crippen molar-refractivity contribution in [3.05, 3.63) is 64.9 Å². The van der Waals surface area contributed by atoms with E-state index in [1.807, 2.05) is 35.2 Å². The van der Waals surface area contributed by atoms with Crippen LogP contribution >= 0.6 is 11.6 Å². The standard InChI is InChI=1S/C19H16ClFN4O2/c20-14-7-4-8-15(21)16(14)18(26)24-9-11-25(12-10-24)19-23-22-17(27-19)13-5-2-1-3-6-13/h1-8H,9-12H2. The minimum Gasteiger partial charge on any atom is -0.403 e. The molecule has 1 aliphatic rings.